The molecule has 2 fully saturated rings. The van der Waals surface area contributed by atoms with Crippen LogP contribution in [0, 0.1) is 0 Å². The second kappa shape index (κ2) is 6.97. The van der Waals surface area contributed by atoms with E-state index in [4.69, 9.17) is 0 Å². The topological polar surface area (TPSA) is 44.4 Å². The van der Waals surface area contributed by atoms with E-state index >= 15 is 0 Å². The van der Waals surface area contributed by atoms with Crippen LogP contribution in [0.3, 0.4) is 0 Å². The number of carbonyl (C=O) groups is 1. The first-order valence-electron chi connectivity index (χ1n) is 7.07. The van der Waals surface area contributed by atoms with E-state index in [-0.39, 0.29) is 5.91 Å². The minimum atomic E-state index is 0.208. The van der Waals surface area contributed by atoms with Crippen molar-refractivity contribution in [1.29, 1.82) is 0 Å². The summed E-state index contributed by atoms with van der Waals surface area (Å²) in [7, 11) is 0. The van der Waals surface area contributed by atoms with Crippen LogP contribution in [-0.4, -0.2) is 49.6 Å². The van der Waals surface area contributed by atoms with Crippen LogP contribution in [0.5, 0.6) is 0 Å². The number of hydrogen-bond acceptors (Lipinski definition) is 3. The van der Waals surface area contributed by atoms with E-state index in [1.54, 1.807) is 0 Å². The predicted molar refractivity (Wildman–Crippen MR) is 68.9 cm³/mol. The first-order chi connectivity index (χ1) is 8.34. The Hall–Kier alpha value is -0.610. The zero-order chi connectivity index (χ0) is 11.9. The van der Waals surface area contributed by atoms with Crippen LogP contribution in [0.4, 0.5) is 0 Å². The number of nitrogens with one attached hydrogen (secondary N) is 2. The molecule has 98 valence electrons. The standard InChI is InChI=1S/C13H25N3O/c17-13(15-12-4-5-12)6-8-14-7-3-11-16-9-1-2-10-16/h12,14H,1-11H2,(H,15,17). The van der Waals surface area contributed by atoms with E-state index in [1.165, 1.54) is 51.7 Å². The molecule has 2 N–H and O–H groups in total. The SMILES string of the molecule is O=C(CCNCCCN1CCCC1)NC1CC1. The Bertz CT molecular complexity index is 235. The Morgan fingerprint density at radius 2 is 1.94 bits per heavy atom. The highest BCUT2D eigenvalue weighted by Gasteiger charge is 2.22. The smallest absolute Gasteiger partial charge is 0.221 e. The molecule has 1 aliphatic heterocycles. The minimum absolute atomic E-state index is 0.208. The third-order valence-corrected chi connectivity index (χ3v) is 3.50. The molecule has 1 aliphatic carbocycles. The van der Waals surface area contributed by atoms with Crippen molar-refractivity contribution in [3.63, 3.8) is 0 Å². The van der Waals surface area contributed by atoms with Gasteiger partial charge in [0.2, 0.25) is 5.91 Å². The summed E-state index contributed by atoms with van der Waals surface area (Å²) in [6, 6.07) is 0.498. The molecule has 1 amide bonds. The fourth-order valence-corrected chi connectivity index (χ4v) is 2.29. The molecular formula is C13H25N3O. The highest BCUT2D eigenvalue weighted by Crippen LogP contribution is 2.18. The number of amides is 1. The Kier molecular flexibility index (Phi) is 5.26. The summed E-state index contributed by atoms with van der Waals surface area (Å²) >= 11 is 0. The highest BCUT2D eigenvalue weighted by molar-refractivity contribution is 5.76. The van der Waals surface area contributed by atoms with Gasteiger partial charge in [0.05, 0.1) is 0 Å². The largest absolute Gasteiger partial charge is 0.353 e. The van der Waals surface area contributed by atoms with Crippen LogP contribution < -0.4 is 10.6 Å². The molecule has 1 saturated carbocycles. The lowest BCUT2D eigenvalue weighted by Gasteiger charge is -2.14. The van der Waals surface area contributed by atoms with Crippen molar-refractivity contribution in [1.82, 2.24) is 15.5 Å². The second-order valence-electron chi connectivity index (χ2n) is 5.24. The van der Waals surface area contributed by atoms with E-state index < -0.39 is 0 Å². The van der Waals surface area contributed by atoms with E-state index in [1.807, 2.05) is 0 Å². The molecule has 1 heterocycles. The molecule has 4 nitrogen and oxygen atoms in total. The van der Waals surface area contributed by atoms with Crippen LogP contribution in [0.15, 0.2) is 0 Å². The molecule has 0 aromatic carbocycles. The van der Waals surface area contributed by atoms with E-state index in [0.717, 1.165) is 13.1 Å². The highest BCUT2D eigenvalue weighted by atomic mass is 16.1. The van der Waals surface area contributed by atoms with Gasteiger partial charge in [-0.05, 0) is 58.3 Å². The van der Waals surface area contributed by atoms with Crippen LogP contribution in [-0.2, 0) is 4.79 Å². The lowest BCUT2D eigenvalue weighted by atomic mass is 10.3. The number of likely N-dealkylation sites (tertiary alicyclic amines) is 1. The summed E-state index contributed by atoms with van der Waals surface area (Å²) in [6.07, 6.45) is 6.91. The number of rotatable bonds is 8. The third-order valence-electron chi connectivity index (χ3n) is 3.50. The molecular weight excluding hydrogens is 214 g/mol. The maximum atomic E-state index is 11.4. The molecule has 0 radical (unpaired) electrons. The van der Waals surface area contributed by atoms with Crippen molar-refractivity contribution in [2.45, 2.75) is 44.6 Å². The Balaban J connectivity index is 1.36. The molecule has 2 aliphatic rings. The lowest BCUT2D eigenvalue weighted by Crippen LogP contribution is -2.30. The quantitative estimate of drug-likeness (QED) is 0.614. The van der Waals surface area contributed by atoms with Crippen molar-refractivity contribution < 1.29 is 4.79 Å². The Labute approximate surface area is 104 Å². The van der Waals surface area contributed by atoms with E-state index in [0.29, 0.717) is 12.5 Å². The second-order valence-corrected chi connectivity index (χ2v) is 5.24. The van der Waals surface area contributed by atoms with Gasteiger partial charge in [-0.2, -0.15) is 0 Å². The molecule has 2 rings (SSSR count). The Morgan fingerprint density at radius 3 is 2.65 bits per heavy atom. The molecule has 0 bridgehead atoms. The lowest BCUT2D eigenvalue weighted by molar-refractivity contribution is -0.121. The normalized spacial score (nSPS) is 20.7. The summed E-state index contributed by atoms with van der Waals surface area (Å²) < 4.78 is 0. The van der Waals surface area contributed by atoms with Gasteiger partial charge >= 0.3 is 0 Å². The monoisotopic (exact) mass is 239 g/mol. The average molecular weight is 239 g/mol. The van der Waals surface area contributed by atoms with Crippen molar-refractivity contribution in [2.75, 3.05) is 32.7 Å². The van der Waals surface area contributed by atoms with Crippen molar-refractivity contribution >= 4 is 5.91 Å². The molecule has 1 saturated heterocycles. The van der Waals surface area contributed by atoms with Gasteiger partial charge in [0.15, 0.2) is 0 Å². The van der Waals surface area contributed by atoms with Crippen molar-refractivity contribution in [3.05, 3.63) is 0 Å². The molecule has 4 heteroatoms. The first-order valence-corrected chi connectivity index (χ1v) is 7.07. The van der Waals surface area contributed by atoms with Gasteiger partial charge in [-0.3, -0.25) is 4.79 Å². The predicted octanol–water partition coefficient (Wildman–Crippen LogP) is 0.731. The van der Waals surface area contributed by atoms with Crippen LogP contribution in [0.1, 0.15) is 38.5 Å². The zero-order valence-electron chi connectivity index (χ0n) is 10.7. The van der Waals surface area contributed by atoms with E-state index in [9.17, 15) is 4.79 Å². The summed E-state index contributed by atoms with van der Waals surface area (Å²) in [4.78, 5) is 13.9. The third kappa shape index (κ3) is 5.50. The summed E-state index contributed by atoms with van der Waals surface area (Å²) in [6.45, 7) is 5.63. The Morgan fingerprint density at radius 1 is 1.18 bits per heavy atom. The number of carbonyl (C=O) groups excluding carboxylic acids is 1. The number of hydrogen-bond donors (Lipinski definition) is 2. The summed E-state index contributed by atoms with van der Waals surface area (Å²) in [5, 5.41) is 6.35. The van der Waals surface area contributed by atoms with E-state index in [2.05, 4.69) is 15.5 Å². The van der Waals surface area contributed by atoms with Gasteiger partial charge in [-0.1, -0.05) is 0 Å². The van der Waals surface area contributed by atoms with Crippen LogP contribution in [0.2, 0.25) is 0 Å². The maximum absolute atomic E-state index is 11.4. The molecule has 0 spiro atoms. The fraction of sp³-hybridized carbons (Fsp3) is 0.923. The van der Waals surface area contributed by atoms with Gasteiger partial charge < -0.3 is 15.5 Å². The number of nitrogens with zero attached hydrogens (tertiary/aromatic N) is 1. The van der Waals surface area contributed by atoms with Gasteiger partial charge in [0.1, 0.15) is 0 Å². The maximum Gasteiger partial charge on any atom is 0.221 e. The fourth-order valence-electron chi connectivity index (χ4n) is 2.29. The van der Waals surface area contributed by atoms with Crippen molar-refractivity contribution in [3.8, 4) is 0 Å². The molecule has 0 aromatic heterocycles. The van der Waals surface area contributed by atoms with Gasteiger partial charge in [0, 0.05) is 19.0 Å². The summed E-state index contributed by atoms with van der Waals surface area (Å²) in [5.74, 6) is 0.208. The molecule has 17 heavy (non-hydrogen) atoms. The van der Waals surface area contributed by atoms with Crippen molar-refractivity contribution in [2.24, 2.45) is 0 Å². The van der Waals surface area contributed by atoms with Gasteiger partial charge in [-0.15, -0.1) is 0 Å². The molecule has 0 aromatic rings. The van der Waals surface area contributed by atoms with Crippen LogP contribution >= 0.6 is 0 Å². The van der Waals surface area contributed by atoms with Gasteiger partial charge in [0.25, 0.3) is 0 Å². The minimum Gasteiger partial charge on any atom is -0.353 e. The summed E-state index contributed by atoms with van der Waals surface area (Å²) in [5.41, 5.74) is 0. The van der Waals surface area contributed by atoms with Crippen LogP contribution in [0.25, 0.3) is 0 Å². The molecule has 0 unspecified atom stereocenters. The van der Waals surface area contributed by atoms with Gasteiger partial charge in [-0.25, -0.2) is 0 Å². The zero-order valence-corrected chi connectivity index (χ0v) is 10.7. The molecule has 0 atom stereocenters. The average Bonchev–Trinajstić information content (AvgIpc) is 2.96. The first kappa shape index (κ1) is 12.8.